The Labute approximate surface area is 112 Å². The van der Waals surface area contributed by atoms with Crippen molar-refractivity contribution < 1.29 is 4.39 Å². The van der Waals surface area contributed by atoms with E-state index >= 15 is 0 Å². The van der Waals surface area contributed by atoms with Crippen molar-refractivity contribution in [2.75, 3.05) is 5.32 Å². The lowest BCUT2D eigenvalue weighted by molar-refractivity contribution is 0.626. The smallest absolute Gasteiger partial charge is 0.152 e. The monoisotopic (exact) mass is 314 g/mol. The minimum Gasteiger partial charge on any atom is -0.378 e. The molecule has 2 aromatic rings. The van der Waals surface area contributed by atoms with Gasteiger partial charge in [-0.05, 0) is 39.7 Å². The molecule has 17 heavy (non-hydrogen) atoms. The second kappa shape index (κ2) is 5.47. The van der Waals surface area contributed by atoms with Gasteiger partial charge in [0.1, 0.15) is 5.82 Å². The van der Waals surface area contributed by atoms with E-state index in [4.69, 9.17) is 11.6 Å². The van der Waals surface area contributed by atoms with Crippen LogP contribution in [0, 0.1) is 5.82 Å². The Bertz CT molecular complexity index is 534. The molecular formula is C12H9BrClFN2. The Kier molecular flexibility index (Phi) is 3.97. The fourth-order valence-corrected chi connectivity index (χ4v) is 1.89. The molecule has 0 aliphatic heterocycles. The van der Waals surface area contributed by atoms with E-state index in [9.17, 15) is 4.39 Å². The first kappa shape index (κ1) is 12.3. The lowest BCUT2D eigenvalue weighted by Gasteiger charge is -2.08. The minimum absolute atomic E-state index is 0.247. The lowest BCUT2D eigenvalue weighted by Crippen LogP contribution is -2.01. The van der Waals surface area contributed by atoms with Gasteiger partial charge in [-0.15, -0.1) is 0 Å². The molecule has 0 fully saturated rings. The number of benzene rings is 1. The highest BCUT2D eigenvalue weighted by Crippen LogP contribution is 2.23. The summed E-state index contributed by atoms with van der Waals surface area (Å²) < 4.78 is 13.8. The van der Waals surface area contributed by atoms with Gasteiger partial charge in [0.15, 0.2) is 5.15 Å². The van der Waals surface area contributed by atoms with Gasteiger partial charge in [-0.25, -0.2) is 9.37 Å². The van der Waals surface area contributed by atoms with Crippen LogP contribution in [0.4, 0.5) is 10.1 Å². The zero-order valence-corrected chi connectivity index (χ0v) is 11.1. The predicted octanol–water partition coefficient (Wildman–Crippen LogP) is 4.25. The number of nitrogens with one attached hydrogen (secondary N) is 1. The zero-order valence-electron chi connectivity index (χ0n) is 8.75. The highest BCUT2D eigenvalue weighted by atomic mass is 79.9. The molecule has 0 radical (unpaired) electrons. The molecule has 0 aliphatic rings. The van der Waals surface area contributed by atoms with E-state index in [1.807, 2.05) is 12.1 Å². The number of anilines is 1. The van der Waals surface area contributed by atoms with Gasteiger partial charge < -0.3 is 5.32 Å². The molecule has 0 saturated carbocycles. The molecule has 0 bridgehead atoms. The maximum absolute atomic E-state index is 13.0. The molecule has 0 amide bonds. The molecule has 0 saturated heterocycles. The number of nitrogens with zero attached hydrogens (tertiary/aromatic N) is 1. The standard InChI is InChI=1S/C12H9BrClFN2/c13-9-5-11(12(14)17-7-9)16-6-8-2-1-3-10(15)4-8/h1-5,7,16H,6H2. The number of rotatable bonds is 3. The predicted molar refractivity (Wildman–Crippen MR) is 70.7 cm³/mol. The van der Waals surface area contributed by atoms with Crippen LogP contribution in [0.2, 0.25) is 5.15 Å². The summed E-state index contributed by atoms with van der Waals surface area (Å²) >= 11 is 9.24. The third kappa shape index (κ3) is 3.41. The second-order valence-corrected chi connectivity index (χ2v) is 4.75. The summed E-state index contributed by atoms with van der Waals surface area (Å²) in [5, 5.41) is 3.50. The van der Waals surface area contributed by atoms with Crippen LogP contribution in [-0.2, 0) is 6.54 Å². The summed E-state index contributed by atoms with van der Waals surface area (Å²) in [7, 11) is 0. The van der Waals surface area contributed by atoms with Crippen molar-refractivity contribution in [1.82, 2.24) is 4.98 Å². The number of aromatic nitrogens is 1. The van der Waals surface area contributed by atoms with Crippen LogP contribution in [-0.4, -0.2) is 4.98 Å². The highest BCUT2D eigenvalue weighted by Gasteiger charge is 2.02. The van der Waals surface area contributed by atoms with Gasteiger partial charge in [0.05, 0.1) is 5.69 Å². The molecular weight excluding hydrogens is 307 g/mol. The first-order valence-corrected chi connectivity index (χ1v) is 6.11. The molecule has 1 heterocycles. The van der Waals surface area contributed by atoms with Crippen LogP contribution in [0.15, 0.2) is 41.0 Å². The van der Waals surface area contributed by atoms with E-state index in [1.165, 1.54) is 12.1 Å². The van der Waals surface area contributed by atoms with Gasteiger partial charge in [-0.1, -0.05) is 23.7 Å². The van der Waals surface area contributed by atoms with Crippen molar-refractivity contribution in [2.24, 2.45) is 0 Å². The van der Waals surface area contributed by atoms with Crippen molar-refractivity contribution >= 4 is 33.2 Å². The zero-order chi connectivity index (χ0) is 12.3. The fourth-order valence-electron chi connectivity index (χ4n) is 1.39. The Balaban J connectivity index is 2.09. The van der Waals surface area contributed by atoms with Crippen LogP contribution in [0.1, 0.15) is 5.56 Å². The van der Waals surface area contributed by atoms with Gasteiger partial charge in [0, 0.05) is 17.2 Å². The van der Waals surface area contributed by atoms with Crippen molar-refractivity contribution in [3.05, 3.63) is 57.5 Å². The van der Waals surface area contributed by atoms with Crippen LogP contribution in [0.25, 0.3) is 0 Å². The summed E-state index contributed by atoms with van der Waals surface area (Å²) in [5.74, 6) is -0.247. The van der Waals surface area contributed by atoms with Gasteiger partial charge >= 0.3 is 0 Å². The molecule has 0 aliphatic carbocycles. The molecule has 1 aromatic carbocycles. The van der Waals surface area contributed by atoms with E-state index in [1.54, 1.807) is 12.3 Å². The first-order chi connectivity index (χ1) is 8.15. The summed E-state index contributed by atoms with van der Waals surface area (Å²) in [6.07, 6.45) is 1.62. The summed E-state index contributed by atoms with van der Waals surface area (Å²) in [4.78, 5) is 3.99. The largest absolute Gasteiger partial charge is 0.378 e. The molecule has 5 heteroatoms. The lowest BCUT2D eigenvalue weighted by atomic mass is 10.2. The van der Waals surface area contributed by atoms with Gasteiger partial charge in [-0.2, -0.15) is 0 Å². The SMILES string of the molecule is Fc1cccc(CNc2cc(Br)cnc2Cl)c1. The highest BCUT2D eigenvalue weighted by molar-refractivity contribution is 9.10. The van der Waals surface area contributed by atoms with Crippen molar-refractivity contribution in [1.29, 1.82) is 0 Å². The van der Waals surface area contributed by atoms with Gasteiger partial charge in [-0.3, -0.25) is 0 Å². The third-order valence-corrected chi connectivity index (χ3v) is 2.91. The molecule has 1 aromatic heterocycles. The van der Waals surface area contributed by atoms with E-state index in [-0.39, 0.29) is 5.82 Å². The number of hydrogen-bond donors (Lipinski definition) is 1. The molecule has 88 valence electrons. The Morgan fingerprint density at radius 3 is 2.94 bits per heavy atom. The topological polar surface area (TPSA) is 24.9 Å². The molecule has 2 rings (SSSR count). The Morgan fingerprint density at radius 2 is 2.18 bits per heavy atom. The van der Waals surface area contributed by atoms with E-state index < -0.39 is 0 Å². The molecule has 0 spiro atoms. The van der Waals surface area contributed by atoms with Crippen LogP contribution in [0.5, 0.6) is 0 Å². The van der Waals surface area contributed by atoms with Crippen LogP contribution >= 0.6 is 27.5 Å². The summed E-state index contributed by atoms with van der Waals surface area (Å²) in [6, 6.07) is 8.24. The molecule has 0 atom stereocenters. The van der Waals surface area contributed by atoms with Crippen LogP contribution < -0.4 is 5.32 Å². The van der Waals surface area contributed by atoms with E-state index in [0.29, 0.717) is 17.4 Å². The third-order valence-electron chi connectivity index (χ3n) is 2.18. The summed E-state index contributed by atoms with van der Waals surface area (Å²) in [5.41, 5.74) is 1.56. The van der Waals surface area contributed by atoms with Crippen molar-refractivity contribution in [3.63, 3.8) is 0 Å². The minimum atomic E-state index is -0.247. The fraction of sp³-hybridized carbons (Fsp3) is 0.0833. The Hall–Kier alpha value is -1.13. The van der Waals surface area contributed by atoms with Crippen LogP contribution in [0.3, 0.4) is 0 Å². The van der Waals surface area contributed by atoms with E-state index in [0.717, 1.165) is 10.0 Å². The number of halogens is 3. The average molecular weight is 316 g/mol. The van der Waals surface area contributed by atoms with E-state index in [2.05, 4.69) is 26.2 Å². The molecule has 2 nitrogen and oxygen atoms in total. The van der Waals surface area contributed by atoms with Gasteiger partial charge in [0.2, 0.25) is 0 Å². The maximum Gasteiger partial charge on any atom is 0.152 e. The van der Waals surface area contributed by atoms with Crippen molar-refractivity contribution in [2.45, 2.75) is 6.54 Å². The first-order valence-electron chi connectivity index (χ1n) is 4.94. The number of pyridine rings is 1. The molecule has 1 N–H and O–H groups in total. The second-order valence-electron chi connectivity index (χ2n) is 3.48. The van der Waals surface area contributed by atoms with Gasteiger partial charge in [0.25, 0.3) is 0 Å². The quantitative estimate of drug-likeness (QED) is 0.857. The normalized spacial score (nSPS) is 10.3. The average Bonchev–Trinajstić information content (AvgIpc) is 2.30. The molecule has 0 unspecified atom stereocenters. The maximum atomic E-state index is 13.0. The Morgan fingerprint density at radius 1 is 1.35 bits per heavy atom. The summed E-state index contributed by atoms with van der Waals surface area (Å²) in [6.45, 7) is 0.496. The number of hydrogen-bond acceptors (Lipinski definition) is 2. The van der Waals surface area contributed by atoms with Crippen molar-refractivity contribution in [3.8, 4) is 0 Å².